The minimum atomic E-state index is 0.352. The molecule has 0 amide bonds. The van der Waals surface area contributed by atoms with E-state index in [1.54, 1.807) is 12.1 Å². The van der Waals surface area contributed by atoms with E-state index in [-0.39, 0.29) is 0 Å². The van der Waals surface area contributed by atoms with E-state index >= 15 is 0 Å². The van der Waals surface area contributed by atoms with E-state index in [1.807, 2.05) is 12.1 Å². The Morgan fingerprint density at radius 2 is 1.90 bits per heavy atom. The van der Waals surface area contributed by atoms with Crippen molar-refractivity contribution >= 4 is 0 Å². The van der Waals surface area contributed by atoms with Gasteiger partial charge in [0, 0.05) is 12.1 Å². The second-order valence-electron chi connectivity index (χ2n) is 6.65. The summed E-state index contributed by atoms with van der Waals surface area (Å²) in [4.78, 5) is 0. The van der Waals surface area contributed by atoms with E-state index in [1.165, 1.54) is 24.8 Å². The average molecular weight is 275 g/mol. The number of nitrogens with one attached hydrogen (secondary N) is 1. The summed E-state index contributed by atoms with van der Waals surface area (Å²) >= 11 is 0. The smallest absolute Gasteiger partial charge is 0.115 e. The Morgan fingerprint density at radius 1 is 1.20 bits per heavy atom. The SMILES string of the molecule is C[C@@H]1[C@@H](C)CCC[C@H]1N[C@H](C)CCc1ccc(O)cc1. The van der Waals surface area contributed by atoms with Gasteiger partial charge in [0.2, 0.25) is 0 Å². The molecule has 0 aliphatic heterocycles. The maximum atomic E-state index is 9.29. The number of aromatic hydroxyl groups is 1. The van der Waals surface area contributed by atoms with Crippen LogP contribution in [0.3, 0.4) is 0 Å². The molecule has 2 N–H and O–H groups in total. The molecule has 4 atom stereocenters. The van der Waals surface area contributed by atoms with Crippen molar-refractivity contribution in [2.24, 2.45) is 11.8 Å². The maximum Gasteiger partial charge on any atom is 0.115 e. The van der Waals surface area contributed by atoms with Gasteiger partial charge in [0.15, 0.2) is 0 Å². The molecule has 112 valence electrons. The third-order valence-corrected chi connectivity index (χ3v) is 5.01. The number of hydrogen-bond donors (Lipinski definition) is 2. The first-order chi connectivity index (χ1) is 9.56. The van der Waals surface area contributed by atoms with Gasteiger partial charge in [0.1, 0.15) is 5.75 Å². The van der Waals surface area contributed by atoms with E-state index in [0.29, 0.717) is 17.8 Å². The summed E-state index contributed by atoms with van der Waals surface area (Å²) in [5.41, 5.74) is 1.31. The van der Waals surface area contributed by atoms with E-state index < -0.39 is 0 Å². The summed E-state index contributed by atoms with van der Waals surface area (Å²) in [6.45, 7) is 7.08. The molecule has 20 heavy (non-hydrogen) atoms. The summed E-state index contributed by atoms with van der Waals surface area (Å²) in [6, 6.07) is 8.84. The van der Waals surface area contributed by atoms with Crippen LogP contribution in [0.2, 0.25) is 0 Å². The Labute approximate surface area is 123 Å². The van der Waals surface area contributed by atoms with Gasteiger partial charge in [-0.15, -0.1) is 0 Å². The molecule has 1 aliphatic rings. The predicted octanol–water partition coefficient (Wildman–Crippen LogP) is 4.13. The summed E-state index contributed by atoms with van der Waals surface area (Å²) in [5.74, 6) is 2.00. The predicted molar refractivity (Wildman–Crippen MR) is 85.0 cm³/mol. The van der Waals surface area contributed by atoms with E-state index in [2.05, 4.69) is 26.1 Å². The zero-order chi connectivity index (χ0) is 14.5. The fourth-order valence-corrected chi connectivity index (χ4v) is 3.31. The molecule has 2 rings (SSSR count). The van der Waals surface area contributed by atoms with Crippen molar-refractivity contribution in [1.82, 2.24) is 5.32 Å². The summed E-state index contributed by atoms with van der Waals surface area (Å²) in [7, 11) is 0. The van der Waals surface area contributed by atoms with Gasteiger partial charge in [-0.2, -0.15) is 0 Å². The third kappa shape index (κ3) is 4.24. The van der Waals surface area contributed by atoms with Crippen LogP contribution in [0.25, 0.3) is 0 Å². The molecule has 0 aromatic heterocycles. The second-order valence-corrected chi connectivity index (χ2v) is 6.65. The van der Waals surface area contributed by atoms with Crippen molar-refractivity contribution < 1.29 is 5.11 Å². The van der Waals surface area contributed by atoms with Gasteiger partial charge in [-0.3, -0.25) is 0 Å². The molecule has 1 fully saturated rings. The Kier molecular flexibility index (Phi) is 5.47. The lowest BCUT2D eigenvalue weighted by Gasteiger charge is -2.36. The molecule has 2 heteroatoms. The van der Waals surface area contributed by atoms with Crippen LogP contribution in [0.5, 0.6) is 5.75 Å². The Bertz CT molecular complexity index is 400. The highest BCUT2D eigenvalue weighted by Gasteiger charge is 2.27. The molecule has 0 heterocycles. The molecule has 1 aliphatic carbocycles. The Balaban J connectivity index is 1.77. The zero-order valence-corrected chi connectivity index (χ0v) is 13.1. The number of phenols is 1. The van der Waals surface area contributed by atoms with Gasteiger partial charge in [0.25, 0.3) is 0 Å². The molecule has 2 nitrogen and oxygen atoms in total. The Morgan fingerprint density at radius 3 is 2.60 bits per heavy atom. The van der Waals surface area contributed by atoms with Crippen LogP contribution in [0.4, 0.5) is 0 Å². The quantitative estimate of drug-likeness (QED) is 0.847. The molecule has 1 saturated carbocycles. The van der Waals surface area contributed by atoms with Gasteiger partial charge in [-0.05, 0) is 55.7 Å². The molecule has 0 saturated heterocycles. The first-order valence-corrected chi connectivity index (χ1v) is 8.10. The number of aryl methyl sites for hydroxylation is 1. The third-order valence-electron chi connectivity index (χ3n) is 5.01. The van der Waals surface area contributed by atoms with Crippen LogP contribution in [-0.2, 0) is 6.42 Å². The summed E-state index contributed by atoms with van der Waals surface area (Å²) in [5, 5.41) is 13.1. The van der Waals surface area contributed by atoms with E-state index in [4.69, 9.17) is 0 Å². The maximum absolute atomic E-state index is 9.29. The van der Waals surface area contributed by atoms with Crippen molar-refractivity contribution in [2.45, 2.75) is 65.0 Å². The van der Waals surface area contributed by atoms with E-state index in [9.17, 15) is 5.11 Å². The molecule has 1 aromatic carbocycles. The molecule has 0 unspecified atom stereocenters. The van der Waals surface area contributed by atoms with Gasteiger partial charge in [0.05, 0.1) is 0 Å². The van der Waals surface area contributed by atoms with Crippen LogP contribution in [0.15, 0.2) is 24.3 Å². The molecule has 0 bridgehead atoms. The van der Waals surface area contributed by atoms with Crippen LogP contribution in [0.1, 0.15) is 52.0 Å². The first kappa shape index (κ1) is 15.4. The lowest BCUT2D eigenvalue weighted by Crippen LogP contribution is -2.44. The summed E-state index contributed by atoms with van der Waals surface area (Å²) < 4.78 is 0. The fraction of sp³-hybridized carbons (Fsp3) is 0.667. The van der Waals surface area contributed by atoms with Crippen molar-refractivity contribution in [3.8, 4) is 5.75 Å². The number of rotatable bonds is 5. The standard InChI is InChI=1S/C18H29NO/c1-13-5-4-6-18(15(13)3)19-14(2)7-8-16-9-11-17(20)12-10-16/h9-15,18-20H,4-8H2,1-3H3/t13-,14+,15+,18+/m0/s1. The number of hydrogen-bond acceptors (Lipinski definition) is 2. The van der Waals surface area contributed by atoms with Crippen molar-refractivity contribution in [2.75, 3.05) is 0 Å². The van der Waals surface area contributed by atoms with Crippen LogP contribution in [-0.4, -0.2) is 17.2 Å². The van der Waals surface area contributed by atoms with Crippen molar-refractivity contribution in [3.63, 3.8) is 0 Å². The highest BCUT2D eigenvalue weighted by molar-refractivity contribution is 5.25. The lowest BCUT2D eigenvalue weighted by molar-refractivity contribution is 0.194. The normalized spacial score (nSPS) is 28.2. The lowest BCUT2D eigenvalue weighted by atomic mass is 9.78. The number of benzene rings is 1. The first-order valence-electron chi connectivity index (χ1n) is 8.10. The van der Waals surface area contributed by atoms with Crippen LogP contribution < -0.4 is 5.32 Å². The number of phenolic OH excluding ortho intramolecular Hbond substituents is 1. The monoisotopic (exact) mass is 275 g/mol. The highest BCUT2D eigenvalue weighted by Crippen LogP contribution is 2.29. The van der Waals surface area contributed by atoms with Gasteiger partial charge < -0.3 is 10.4 Å². The van der Waals surface area contributed by atoms with Crippen LogP contribution >= 0.6 is 0 Å². The van der Waals surface area contributed by atoms with Crippen LogP contribution in [0, 0.1) is 11.8 Å². The van der Waals surface area contributed by atoms with Gasteiger partial charge in [-0.1, -0.05) is 38.8 Å². The van der Waals surface area contributed by atoms with Gasteiger partial charge in [-0.25, -0.2) is 0 Å². The van der Waals surface area contributed by atoms with E-state index in [0.717, 1.165) is 24.7 Å². The Hall–Kier alpha value is -1.02. The largest absolute Gasteiger partial charge is 0.508 e. The second kappa shape index (κ2) is 7.12. The molecular formula is C18H29NO. The minimum absolute atomic E-state index is 0.352. The highest BCUT2D eigenvalue weighted by atomic mass is 16.3. The molecule has 1 aromatic rings. The molecular weight excluding hydrogens is 246 g/mol. The fourth-order valence-electron chi connectivity index (χ4n) is 3.31. The molecule has 0 radical (unpaired) electrons. The van der Waals surface area contributed by atoms with Gasteiger partial charge >= 0.3 is 0 Å². The van der Waals surface area contributed by atoms with Crippen molar-refractivity contribution in [1.29, 1.82) is 0 Å². The minimum Gasteiger partial charge on any atom is -0.508 e. The zero-order valence-electron chi connectivity index (χ0n) is 13.1. The average Bonchev–Trinajstić information content (AvgIpc) is 2.43. The summed E-state index contributed by atoms with van der Waals surface area (Å²) in [6.07, 6.45) is 6.32. The topological polar surface area (TPSA) is 32.3 Å². The molecule has 0 spiro atoms. The van der Waals surface area contributed by atoms with Crippen molar-refractivity contribution in [3.05, 3.63) is 29.8 Å².